The van der Waals surface area contributed by atoms with Crippen molar-refractivity contribution in [2.24, 2.45) is 14.1 Å². The van der Waals surface area contributed by atoms with Gasteiger partial charge in [0.1, 0.15) is 11.5 Å². The average Bonchev–Trinajstić information content (AvgIpc) is 3.13. The van der Waals surface area contributed by atoms with Crippen LogP contribution in [-0.2, 0) is 14.1 Å². The van der Waals surface area contributed by atoms with Crippen LogP contribution in [0.2, 0.25) is 0 Å². The summed E-state index contributed by atoms with van der Waals surface area (Å²) in [6.07, 6.45) is 0. The van der Waals surface area contributed by atoms with Crippen molar-refractivity contribution >= 4 is 33.5 Å². The van der Waals surface area contributed by atoms with Crippen molar-refractivity contribution in [3.63, 3.8) is 0 Å². The Labute approximate surface area is 284 Å². The monoisotopic (exact) mass is 674 g/mol. The van der Waals surface area contributed by atoms with Gasteiger partial charge in [-0.15, -0.1) is 0 Å². The number of pyridine rings is 2. The molecule has 2 aromatic heterocycles. The van der Waals surface area contributed by atoms with Gasteiger partial charge in [-0.3, -0.25) is 9.59 Å². The highest BCUT2D eigenvalue weighted by Gasteiger charge is 2.28. The van der Waals surface area contributed by atoms with E-state index in [1.165, 1.54) is 49.7 Å². The van der Waals surface area contributed by atoms with E-state index in [2.05, 4.69) is 0 Å². The molecule has 6 aromatic rings. The Morgan fingerprint density at radius 1 is 0.460 bits per heavy atom. The molecule has 0 aliphatic carbocycles. The van der Waals surface area contributed by atoms with Gasteiger partial charge in [0.2, 0.25) is 0 Å². The van der Waals surface area contributed by atoms with E-state index in [4.69, 9.17) is 28.4 Å². The van der Waals surface area contributed by atoms with Crippen molar-refractivity contribution in [1.82, 2.24) is 9.13 Å². The zero-order valence-corrected chi connectivity index (χ0v) is 27.9. The van der Waals surface area contributed by atoms with Crippen LogP contribution < -0.4 is 39.5 Å². The molecule has 4 bridgehead atoms. The number of carbonyl (C=O) groups excluding carboxylic acids is 2. The van der Waals surface area contributed by atoms with E-state index in [-0.39, 0.29) is 55.9 Å². The lowest BCUT2D eigenvalue weighted by atomic mass is 9.97. The zero-order valence-electron chi connectivity index (χ0n) is 27.9. The third-order valence-corrected chi connectivity index (χ3v) is 8.89. The average molecular weight is 675 g/mol. The van der Waals surface area contributed by atoms with Crippen molar-refractivity contribution in [3.8, 4) is 57.0 Å². The van der Waals surface area contributed by atoms with Crippen molar-refractivity contribution in [1.29, 1.82) is 0 Å². The summed E-state index contributed by atoms with van der Waals surface area (Å²) in [4.78, 5) is 55.9. The second kappa shape index (κ2) is 12.2. The molecule has 0 fully saturated rings. The molecule has 0 saturated heterocycles. The topological polar surface area (TPSA) is 134 Å². The number of fused-ring (bicyclic) bond motifs is 2. The van der Waals surface area contributed by atoms with Crippen molar-refractivity contribution in [2.45, 2.75) is 0 Å². The van der Waals surface area contributed by atoms with Gasteiger partial charge in [-0.25, -0.2) is 9.59 Å². The highest BCUT2D eigenvalue weighted by molar-refractivity contribution is 6.12. The second-order valence-electron chi connectivity index (χ2n) is 11.5. The first kappa shape index (κ1) is 32.0. The molecule has 0 atom stereocenters. The lowest BCUT2D eigenvalue weighted by molar-refractivity contribution is 0.0728. The van der Waals surface area contributed by atoms with Gasteiger partial charge in [-0.1, -0.05) is 0 Å². The van der Waals surface area contributed by atoms with Crippen LogP contribution in [0, 0.1) is 0 Å². The predicted molar refractivity (Wildman–Crippen MR) is 185 cm³/mol. The number of ether oxygens (including phenoxy) is 6. The fourth-order valence-corrected chi connectivity index (χ4v) is 6.45. The number of hydrogen-bond acceptors (Lipinski definition) is 10. The number of aromatic nitrogens is 2. The Bertz CT molecular complexity index is 2340. The van der Waals surface area contributed by atoms with Gasteiger partial charge in [0.05, 0.1) is 61.7 Å². The number of nitrogens with zero attached hydrogens (tertiary/aromatic N) is 2. The Kier molecular flexibility index (Phi) is 7.78. The molecular weight excluding hydrogens is 644 g/mol. The van der Waals surface area contributed by atoms with Crippen LogP contribution in [0.25, 0.3) is 44.1 Å². The fourth-order valence-electron chi connectivity index (χ4n) is 6.45. The van der Waals surface area contributed by atoms with E-state index >= 15 is 0 Å². The Balaban J connectivity index is 1.51. The minimum atomic E-state index is -0.733. The van der Waals surface area contributed by atoms with Gasteiger partial charge in [-0.2, -0.15) is 0 Å². The molecular formula is C38H30N2O10. The first-order valence-corrected chi connectivity index (χ1v) is 15.3. The molecule has 0 N–H and O–H groups in total. The summed E-state index contributed by atoms with van der Waals surface area (Å²) in [5, 5.41) is 1.02. The van der Waals surface area contributed by atoms with Gasteiger partial charge < -0.3 is 37.6 Å². The maximum absolute atomic E-state index is 14.2. The quantitative estimate of drug-likeness (QED) is 0.174. The van der Waals surface area contributed by atoms with Crippen LogP contribution in [0.15, 0.2) is 82.4 Å². The third-order valence-electron chi connectivity index (χ3n) is 8.89. The zero-order chi connectivity index (χ0) is 35.4. The Morgan fingerprint density at radius 3 is 1.06 bits per heavy atom. The summed E-state index contributed by atoms with van der Waals surface area (Å²) in [5.41, 5.74) is 0.925. The molecule has 0 spiro atoms. The van der Waals surface area contributed by atoms with Crippen LogP contribution in [0.1, 0.15) is 20.7 Å². The van der Waals surface area contributed by atoms with Gasteiger partial charge in [-0.05, 0) is 83.9 Å². The van der Waals surface area contributed by atoms with E-state index in [0.717, 1.165) is 0 Å². The van der Waals surface area contributed by atoms with Crippen LogP contribution >= 0.6 is 0 Å². The minimum absolute atomic E-state index is 0.104. The number of methoxy groups -OCH3 is 4. The van der Waals surface area contributed by atoms with Gasteiger partial charge in [0.25, 0.3) is 11.1 Å². The maximum atomic E-state index is 14.2. The van der Waals surface area contributed by atoms with E-state index < -0.39 is 11.9 Å². The normalized spacial score (nSPS) is 12.4. The first-order chi connectivity index (χ1) is 24.1. The van der Waals surface area contributed by atoms with Crippen molar-refractivity contribution < 1.29 is 38.0 Å². The van der Waals surface area contributed by atoms with Gasteiger partial charge in [0.15, 0.2) is 23.0 Å². The fraction of sp³-hybridized carbons (Fsp3) is 0.158. The van der Waals surface area contributed by atoms with Crippen LogP contribution in [0.5, 0.6) is 34.5 Å². The lowest BCUT2D eigenvalue weighted by Gasteiger charge is -2.20. The molecule has 10 rings (SSSR count). The van der Waals surface area contributed by atoms with E-state index in [0.29, 0.717) is 44.9 Å². The smallest absolute Gasteiger partial charge is 0.346 e. The largest absolute Gasteiger partial charge is 0.493 e. The molecule has 50 heavy (non-hydrogen) atoms. The maximum Gasteiger partial charge on any atom is 0.346 e. The van der Waals surface area contributed by atoms with E-state index in [9.17, 15) is 19.2 Å². The molecule has 12 heteroatoms. The highest BCUT2D eigenvalue weighted by Crippen LogP contribution is 2.39. The molecule has 4 aliphatic heterocycles. The molecule has 252 valence electrons. The number of carbonyl (C=O) groups is 2. The standard InChI is InChI=1S/C38H30N2O10/c1-39-33-19-7-11-21(12-8-19)50-38(44)32-24-16-28(46-4)30(48-6)18-26(24)36(42)40(2)34(32)20-9-13-22(14-10-20)49-37(43)31(33)23-15-27(45-3)29(47-5)17-25(23)35(39)41/h7-18H,1-6H3. The summed E-state index contributed by atoms with van der Waals surface area (Å²) >= 11 is 0. The SMILES string of the molecule is COc1cc2c3c(n(C)c(=O)c2cc1OC)-c1ccc(cc1)OC(=O)c1c(n(C)c(=O)c2cc(OC)c(OC)cc12)-c1ccc(cc1)OC3=O. The highest BCUT2D eigenvalue weighted by atomic mass is 16.5. The van der Waals surface area contributed by atoms with Crippen LogP contribution in [0.3, 0.4) is 0 Å². The molecule has 12 nitrogen and oxygen atoms in total. The summed E-state index contributed by atoms with van der Waals surface area (Å²) in [6.45, 7) is 0. The van der Waals surface area contributed by atoms with E-state index in [1.807, 2.05) is 0 Å². The lowest BCUT2D eigenvalue weighted by Crippen LogP contribution is -2.25. The molecule has 6 heterocycles. The Hall–Kier alpha value is -6.56. The molecule has 0 saturated carbocycles. The minimum Gasteiger partial charge on any atom is -0.493 e. The molecule has 4 aromatic carbocycles. The summed E-state index contributed by atoms with van der Waals surface area (Å²) in [7, 11) is 8.94. The number of rotatable bonds is 4. The van der Waals surface area contributed by atoms with Crippen molar-refractivity contribution in [3.05, 3.63) is 105 Å². The molecule has 0 amide bonds. The van der Waals surface area contributed by atoms with Crippen LogP contribution in [0.4, 0.5) is 0 Å². The third kappa shape index (κ3) is 4.91. The van der Waals surface area contributed by atoms with Gasteiger partial charge >= 0.3 is 11.9 Å². The van der Waals surface area contributed by atoms with Crippen LogP contribution in [-0.4, -0.2) is 49.5 Å². The van der Waals surface area contributed by atoms with Crippen molar-refractivity contribution in [2.75, 3.05) is 28.4 Å². The molecule has 0 unspecified atom stereocenters. The summed E-state index contributed by atoms with van der Waals surface area (Å²) in [6, 6.07) is 18.9. The summed E-state index contributed by atoms with van der Waals surface area (Å²) < 4.78 is 36.5. The second-order valence-corrected chi connectivity index (χ2v) is 11.5. The number of benzene rings is 4. The number of esters is 2. The molecule has 4 aliphatic rings. The Morgan fingerprint density at radius 2 is 0.760 bits per heavy atom. The molecule has 0 radical (unpaired) electrons. The first-order valence-electron chi connectivity index (χ1n) is 15.3. The van der Waals surface area contributed by atoms with E-state index in [1.54, 1.807) is 74.8 Å². The summed E-state index contributed by atoms with van der Waals surface area (Å²) in [5.74, 6) is 0.156. The number of hydrogen-bond donors (Lipinski definition) is 0. The predicted octanol–water partition coefficient (Wildman–Crippen LogP) is 5.51. The van der Waals surface area contributed by atoms with Gasteiger partial charge in [0, 0.05) is 24.9 Å².